The minimum absolute atomic E-state index is 0.315. The fraction of sp³-hybridized carbons (Fsp3) is 0.211. The number of carbonyl (C=O) groups is 1. The van der Waals surface area contributed by atoms with Gasteiger partial charge in [0.1, 0.15) is 11.6 Å². The molecule has 0 aliphatic carbocycles. The molecule has 0 unspecified atom stereocenters. The lowest BCUT2D eigenvalue weighted by atomic mass is 9.98. The second kappa shape index (κ2) is 8.13. The lowest BCUT2D eigenvalue weighted by Crippen LogP contribution is -2.05. The van der Waals surface area contributed by atoms with E-state index in [9.17, 15) is 9.18 Å². The van der Waals surface area contributed by atoms with Crippen LogP contribution in [0.1, 0.15) is 25.3 Å². The van der Waals surface area contributed by atoms with Gasteiger partial charge in [0, 0.05) is 6.08 Å². The largest absolute Gasteiger partial charge is 0.494 e. The van der Waals surface area contributed by atoms with Crippen molar-refractivity contribution >= 4 is 12.0 Å². The summed E-state index contributed by atoms with van der Waals surface area (Å²) >= 11 is 0. The number of amides is 1. The summed E-state index contributed by atoms with van der Waals surface area (Å²) in [6, 6.07) is 11.8. The lowest BCUT2D eigenvalue weighted by molar-refractivity contribution is -0.113. The van der Waals surface area contributed by atoms with Crippen LogP contribution in [0.4, 0.5) is 4.39 Å². The summed E-state index contributed by atoms with van der Waals surface area (Å²) in [7, 11) is 0. The molecule has 23 heavy (non-hydrogen) atoms. The van der Waals surface area contributed by atoms with Crippen molar-refractivity contribution in [3.63, 3.8) is 0 Å². The van der Waals surface area contributed by atoms with Gasteiger partial charge in [0.15, 0.2) is 0 Å². The van der Waals surface area contributed by atoms with Crippen LogP contribution in [-0.2, 0) is 4.79 Å². The highest BCUT2D eigenvalue weighted by Crippen LogP contribution is 2.29. The first-order chi connectivity index (χ1) is 11.1. The van der Waals surface area contributed by atoms with Crippen LogP contribution in [0.5, 0.6) is 5.75 Å². The van der Waals surface area contributed by atoms with Crippen LogP contribution < -0.4 is 10.5 Å². The van der Waals surface area contributed by atoms with E-state index in [1.54, 1.807) is 12.1 Å². The Morgan fingerprint density at radius 2 is 2.09 bits per heavy atom. The van der Waals surface area contributed by atoms with Crippen LogP contribution in [0.15, 0.2) is 48.5 Å². The molecule has 0 spiro atoms. The van der Waals surface area contributed by atoms with Crippen LogP contribution in [-0.4, -0.2) is 12.5 Å². The Labute approximate surface area is 135 Å². The van der Waals surface area contributed by atoms with Crippen molar-refractivity contribution in [1.29, 1.82) is 0 Å². The Balaban J connectivity index is 2.40. The maximum absolute atomic E-state index is 13.5. The van der Waals surface area contributed by atoms with E-state index in [4.69, 9.17) is 10.5 Å². The van der Waals surface area contributed by atoms with Crippen molar-refractivity contribution in [2.24, 2.45) is 5.73 Å². The Bertz CT molecular complexity index is 710. The quantitative estimate of drug-likeness (QED) is 0.616. The van der Waals surface area contributed by atoms with Crippen molar-refractivity contribution in [1.82, 2.24) is 0 Å². The maximum atomic E-state index is 13.5. The molecule has 2 aromatic rings. The minimum Gasteiger partial charge on any atom is -0.494 e. The van der Waals surface area contributed by atoms with Gasteiger partial charge in [-0.15, -0.1) is 0 Å². The highest BCUT2D eigenvalue weighted by Gasteiger charge is 2.07. The Hall–Kier alpha value is -2.62. The summed E-state index contributed by atoms with van der Waals surface area (Å²) in [6.07, 6.45) is 4.93. The third kappa shape index (κ3) is 4.95. The van der Waals surface area contributed by atoms with E-state index >= 15 is 0 Å². The van der Waals surface area contributed by atoms with Gasteiger partial charge in [-0.25, -0.2) is 4.39 Å². The van der Waals surface area contributed by atoms with E-state index in [-0.39, 0.29) is 5.82 Å². The van der Waals surface area contributed by atoms with Gasteiger partial charge in [-0.2, -0.15) is 0 Å². The molecule has 120 valence electrons. The van der Waals surface area contributed by atoms with Gasteiger partial charge in [0.05, 0.1) is 6.61 Å². The minimum atomic E-state index is -0.529. The lowest BCUT2D eigenvalue weighted by Gasteiger charge is -2.11. The van der Waals surface area contributed by atoms with Gasteiger partial charge in [-0.3, -0.25) is 4.79 Å². The average molecular weight is 313 g/mol. The molecule has 2 aromatic carbocycles. The molecule has 0 aromatic heterocycles. The highest BCUT2D eigenvalue weighted by atomic mass is 19.1. The second-order valence-electron chi connectivity index (χ2n) is 5.20. The molecule has 1 amide bonds. The smallest absolute Gasteiger partial charge is 0.241 e. The molecule has 3 nitrogen and oxygen atoms in total. The number of primary amides is 1. The molecule has 0 atom stereocenters. The molecule has 0 aliphatic heterocycles. The van der Waals surface area contributed by atoms with Crippen molar-refractivity contribution < 1.29 is 13.9 Å². The van der Waals surface area contributed by atoms with E-state index in [1.165, 1.54) is 18.2 Å². The fourth-order valence-electron chi connectivity index (χ4n) is 2.18. The Kier molecular flexibility index (Phi) is 5.92. The van der Waals surface area contributed by atoms with E-state index in [0.29, 0.717) is 12.4 Å². The molecular weight excluding hydrogens is 293 g/mol. The molecule has 0 bridgehead atoms. The molecule has 0 saturated heterocycles. The number of hydrogen-bond donors (Lipinski definition) is 1. The van der Waals surface area contributed by atoms with E-state index in [2.05, 4.69) is 6.92 Å². The van der Waals surface area contributed by atoms with Crippen molar-refractivity contribution in [2.45, 2.75) is 19.8 Å². The highest BCUT2D eigenvalue weighted by molar-refractivity contribution is 5.92. The van der Waals surface area contributed by atoms with Gasteiger partial charge >= 0.3 is 0 Å². The average Bonchev–Trinajstić information content (AvgIpc) is 2.53. The third-order valence-corrected chi connectivity index (χ3v) is 3.35. The molecule has 0 heterocycles. The monoisotopic (exact) mass is 313 g/mol. The van der Waals surface area contributed by atoms with Gasteiger partial charge in [0.25, 0.3) is 0 Å². The van der Waals surface area contributed by atoms with Crippen molar-refractivity contribution in [2.75, 3.05) is 6.61 Å². The van der Waals surface area contributed by atoms with Gasteiger partial charge < -0.3 is 10.5 Å². The van der Waals surface area contributed by atoms with Crippen molar-refractivity contribution in [3.8, 4) is 16.9 Å². The maximum Gasteiger partial charge on any atom is 0.241 e. The van der Waals surface area contributed by atoms with Gasteiger partial charge in [-0.05, 0) is 53.5 Å². The number of nitrogens with two attached hydrogens (primary N) is 1. The second-order valence-corrected chi connectivity index (χ2v) is 5.20. The fourth-order valence-corrected chi connectivity index (χ4v) is 2.18. The first-order valence-corrected chi connectivity index (χ1v) is 7.60. The number of carbonyl (C=O) groups excluding carboxylic acids is 1. The number of unbranched alkanes of at least 4 members (excludes halogenated alkanes) is 1. The van der Waals surface area contributed by atoms with Gasteiger partial charge in [-0.1, -0.05) is 31.5 Å². The Morgan fingerprint density at radius 3 is 2.78 bits per heavy atom. The zero-order valence-corrected chi connectivity index (χ0v) is 13.1. The van der Waals surface area contributed by atoms with E-state index in [1.807, 2.05) is 24.3 Å². The molecule has 0 radical (unpaired) electrons. The molecule has 0 saturated carbocycles. The summed E-state index contributed by atoms with van der Waals surface area (Å²) in [5, 5.41) is 0. The summed E-state index contributed by atoms with van der Waals surface area (Å²) in [4.78, 5) is 11.0. The molecule has 2 rings (SSSR count). The zero-order valence-electron chi connectivity index (χ0n) is 13.1. The summed E-state index contributed by atoms with van der Waals surface area (Å²) in [6.45, 7) is 2.73. The molecular formula is C19H20FNO2. The number of benzene rings is 2. The number of halogens is 1. The predicted molar refractivity (Wildman–Crippen MR) is 90.5 cm³/mol. The van der Waals surface area contributed by atoms with Gasteiger partial charge in [0.2, 0.25) is 5.91 Å². The van der Waals surface area contributed by atoms with Crippen LogP contribution in [0.25, 0.3) is 17.2 Å². The van der Waals surface area contributed by atoms with Crippen LogP contribution in [0, 0.1) is 5.82 Å². The third-order valence-electron chi connectivity index (χ3n) is 3.35. The van der Waals surface area contributed by atoms with Crippen LogP contribution in [0.3, 0.4) is 0 Å². The SMILES string of the molecule is CCCCOc1ccc(/C=C/C(N)=O)c(-c2cccc(F)c2)c1. The first kappa shape index (κ1) is 16.7. The Morgan fingerprint density at radius 1 is 1.26 bits per heavy atom. The summed E-state index contributed by atoms with van der Waals surface area (Å²) < 4.78 is 19.2. The standard InChI is InChI=1S/C19H20FNO2/c1-2-3-11-23-17-9-7-14(8-10-19(21)22)18(13-17)15-5-4-6-16(20)12-15/h4-10,12-13H,2-3,11H2,1H3,(H2,21,22)/b10-8+. The topological polar surface area (TPSA) is 52.3 Å². The number of ether oxygens (including phenoxy) is 1. The summed E-state index contributed by atoms with van der Waals surface area (Å²) in [5.74, 6) is -0.128. The van der Waals surface area contributed by atoms with E-state index < -0.39 is 5.91 Å². The normalized spacial score (nSPS) is 10.9. The molecule has 0 aliphatic rings. The van der Waals surface area contributed by atoms with Crippen molar-refractivity contribution in [3.05, 3.63) is 59.9 Å². The van der Waals surface area contributed by atoms with Crippen LogP contribution >= 0.6 is 0 Å². The molecule has 2 N–H and O–H groups in total. The summed E-state index contributed by atoms with van der Waals surface area (Å²) in [5.41, 5.74) is 7.43. The van der Waals surface area contributed by atoms with E-state index in [0.717, 1.165) is 29.5 Å². The molecule has 0 fully saturated rings. The van der Waals surface area contributed by atoms with Crippen LogP contribution in [0.2, 0.25) is 0 Å². The number of rotatable bonds is 7. The molecule has 4 heteroatoms. The zero-order chi connectivity index (χ0) is 16.7. The predicted octanol–water partition coefficient (Wildman–Crippen LogP) is 4.17. The number of hydrogen-bond acceptors (Lipinski definition) is 2. The first-order valence-electron chi connectivity index (χ1n) is 7.60.